The highest BCUT2D eigenvalue weighted by Gasteiger charge is 2.23. The van der Waals surface area contributed by atoms with Crippen molar-refractivity contribution in [1.29, 1.82) is 0 Å². The Morgan fingerprint density at radius 2 is 1.50 bits per heavy atom. The number of ether oxygens (including phenoxy) is 2. The fourth-order valence-electron chi connectivity index (χ4n) is 3.93. The van der Waals surface area contributed by atoms with Crippen LogP contribution in [-0.2, 0) is 13.0 Å². The average Bonchev–Trinajstić information content (AvgIpc) is 2.72. The molecule has 1 saturated heterocycles. The third kappa shape index (κ3) is 3.71. The molecule has 1 fully saturated rings. The van der Waals surface area contributed by atoms with Crippen LogP contribution in [0.2, 0.25) is 0 Å². The molecule has 0 atom stereocenters. The maximum absolute atomic E-state index is 5.48. The minimum absolute atomic E-state index is 0.770. The molecule has 4 rings (SSSR count). The summed E-state index contributed by atoms with van der Waals surface area (Å²) >= 11 is 0. The number of rotatable bonds is 4. The highest BCUT2D eigenvalue weighted by Crippen LogP contribution is 2.34. The van der Waals surface area contributed by atoms with Crippen LogP contribution in [0.15, 0.2) is 18.2 Å². The van der Waals surface area contributed by atoms with Gasteiger partial charge in [0.05, 0.1) is 14.2 Å². The lowest BCUT2D eigenvalue weighted by molar-refractivity contribution is 0.312. The number of methoxy groups -OCH3 is 2. The molecule has 0 radical (unpaired) electrons. The molecular formula is C21H29N5O2. The van der Waals surface area contributed by atoms with E-state index in [-0.39, 0.29) is 0 Å². The van der Waals surface area contributed by atoms with Crippen molar-refractivity contribution in [2.45, 2.75) is 19.9 Å². The first-order valence-corrected chi connectivity index (χ1v) is 9.85. The molecule has 2 aromatic rings. The maximum Gasteiger partial charge on any atom is 0.227 e. The van der Waals surface area contributed by atoms with Crippen molar-refractivity contribution >= 4 is 11.8 Å². The number of hydrogen-bond donors (Lipinski definition) is 0. The summed E-state index contributed by atoms with van der Waals surface area (Å²) in [6.45, 7) is 7.87. The largest absolute Gasteiger partial charge is 0.493 e. The third-order valence-corrected chi connectivity index (χ3v) is 5.66. The summed E-state index contributed by atoms with van der Waals surface area (Å²) < 4.78 is 10.9. The van der Waals surface area contributed by atoms with Crippen molar-refractivity contribution in [2.75, 3.05) is 63.8 Å². The van der Waals surface area contributed by atoms with Crippen molar-refractivity contribution in [3.63, 3.8) is 0 Å². The average molecular weight is 383 g/mol. The van der Waals surface area contributed by atoms with Crippen molar-refractivity contribution in [3.8, 4) is 11.5 Å². The van der Waals surface area contributed by atoms with E-state index in [1.54, 1.807) is 14.2 Å². The number of aryl methyl sites for hydroxylation is 1. The molecule has 0 spiro atoms. The van der Waals surface area contributed by atoms with Crippen LogP contribution >= 0.6 is 0 Å². The van der Waals surface area contributed by atoms with Gasteiger partial charge >= 0.3 is 0 Å². The molecule has 0 unspecified atom stereocenters. The molecule has 0 amide bonds. The lowest BCUT2D eigenvalue weighted by Gasteiger charge is -2.34. The molecule has 2 aliphatic rings. The maximum atomic E-state index is 5.48. The van der Waals surface area contributed by atoms with Gasteiger partial charge in [0.2, 0.25) is 5.95 Å². The quantitative estimate of drug-likeness (QED) is 0.802. The molecule has 7 heteroatoms. The minimum Gasteiger partial charge on any atom is -0.493 e. The summed E-state index contributed by atoms with van der Waals surface area (Å²) in [5.74, 6) is 3.41. The van der Waals surface area contributed by atoms with Crippen molar-refractivity contribution in [3.05, 3.63) is 35.0 Å². The van der Waals surface area contributed by atoms with E-state index >= 15 is 0 Å². The summed E-state index contributed by atoms with van der Waals surface area (Å²) in [5, 5.41) is 0. The summed E-state index contributed by atoms with van der Waals surface area (Å²) in [4.78, 5) is 16.6. The predicted octanol–water partition coefficient (Wildman–Crippen LogP) is 2.12. The normalized spacial score (nSPS) is 17.4. The van der Waals surface area contributed by atoms with E-state index in [0.29, 0.717) is 0 Å². The molecule has 7 nitrogen and oxygen atoms in total. The van der Waals surface area contributed by atoms with Crippen LogP contribution < -0.4 is 19.3 Å². The van der Waals surface area contributed by atoms with Gasteiger partial charge in [0.15, 0.2) is 11.5 Å². The predicted molar refractivity (Wildman–Crippen MR) is 111 cm³/mol. The lowest BCUT2D eigenvalue weighted by Crippen LogP contribution is -2.45. The number of anilines is 2. The van der Waals surface area contributed by atoms with E-state index in [1.165, 1.54) is 11.1 Å². The standard InChI is InChI=1S/C21H29N5O2/c1-15-11-20(25-9-7-24(2)8-10-25)23-21(22-15)26-6-5-16-12-18(27-3)19(28-4)13-17(16)14-26/h11-13H,5-10,14H2,1-4H3. The van der Waals surface area contributed by atoms with Gasteiger partial charge in [-0.25, -0.2) is 4.98 Å². The second kappa shape index (κ2) is 7.83. The Balaban J connectivity index is 1.58. The number of hydrogen-bond acceptors (Lipinski definition) is 7. The monoisotopic (exact) mass is 383 g/mol. The number of nitrogens with zero attached hydrogens (tertiary/aromatic N) is 5. The fraction of sp³-hybridized carbons (Fsp3) is 0.524. The number of fused-ring (bicyclic) bond motifs is 1. The summed E-state index contributed by atoms with van der Waals surface area (Å²) in [5.41, 5.74) is 3.56. The second-order valence-electron chi connectivity index (χ2n) is 7.61. The van der Waals surface area contributed by atoms with Crippen LogP contribution in [0, 0.1) is 6.92 Å². The Bertz CT molecular complexity index is 849. The smallest absolute Gasteiger partial charge is 0.227 e. The number of likely N-dealkylation sites (N-methyl/N-ethyl adjacent to an activating group) is 1. The van der Waals surface area contributed by atoms with Gasteiger partial charge in [-0.2, -0.15) is 4.98 Å². The molecular weight excluding hydrogens is 354 g/mol. The van der Waals surface area contributed by atoms with Crippen LogP contribution in [-0.4, -0.2) is 68.9 Å². The minimum atomic E-state index is 0.770. The van der Waals surface area contributed by atoms with E-state index in [2.05, 4.69) is 46.9 Å². The highest BCUT2D eigenvalue weighted by atomic mass is 16.5. The molecule has 0 saturated carbocycles. The van der Waals surface area contributed by atoms with Crippen molar-refractivity contribution in [1.82, 2.24) is 14.9 Å². The van der Waals surface area contributed by atoms with Crippen LogP contribution in [0.25, 0.3) is 0 Å². The van der Waals surface area contributed by atoms with Gasteiger partial charge in [0.25, 0.3) is 0 Å². The molecule has 0 aliphatic carbocycles. The molecule has 28 heavy (non-hydrogen) atoms. The molecule has 1 aromatic heterocycles. The number of piperazine rings is 1. The fourth-order valence-corrected chi connectivity index (χ4v) is 3.93. The first kappa shape index (κ1) is 18.8. The molecule has 1 aromatic carbocycles. The molecule has 3 heterocycles. The van der Waals surface area contributed by atoms with Crippen LogP contribution in [0.5, 0.6) is 11.5 Å². The van der Waals surface area contributed by atoms with Crippen LogP contribution in [0.4, 0.5) is 11.8 Å². The van der Waals surface area contributed by atoms with E-state index in [4.69, 9.17) is 19.4 Å². The van der Waals surface area contributed by atoms with Gasteiger partial charge in [0, 0.05) is 51.0 Å². The number of aromatic nitrogens is 2. The lowest BCUT2D eigenvalue weighted by atomic mass is 9.99. The van der Waals surface area contributed by atoms with E-state index in [0.717, 1.165) is 74.6 Å². The molecule has 150 valence electrons. The Labute approximate surface area is 166 Å². The Morgan fingerprint density at radius 3 is 2.18 bits per heavy atom. The number of benzene rings is 1. The first-order chi connectivity index (χ1) is 13.6. The zero-order valence-corrected chi connectivity index (χ0v) is 17.2. The van der Waals surface area contributed by atoms with E-state index < -0.39 is 0 Å². The van der Waals surface area contributed by atoms with Crippen LogP contribution in [0.3, 0.4) is 0 Å². The van der Waals surface area contributed by atoms with E-state index in [1.807, 2.05) is 0 Å². The molecule has 2 aliphatic heterocycles. The van der Waals surface area contributed by atoms with E-state index in [9.17, 15) is 0 Å². The Kier molecular flexibility index (Phi) is 5.26. The van der Waals surface area contributed by atoms with Crippen LogP contribution in [0.1, 0.15) is 16.8 Å². The van der Waals surface area contributed by atoms with Gasteiger partial charge in [-0.05, 0) is 43.7 Å². The van der Waals surface area contributed by atoms with Gasteiger partial charge in [-0.15, -0.1) is 0 Å². The zero-order chi connectivity index (χ0) is 19.7. The Hall–Kier alpha value is -2.54. The third-order valence-electron chi connectivity index (χ3n) is 5.66. The SMILES string of the molecule is COc1cc2c(cc1OC)CN(c1nc(C)cc(N3CCN(C)CC3)n1)CC2. The second-order valence-corrected chi connectivity index (χ2v) is 7.61. The van der Waals surface area contributed by atoms with Gasteiger partial charge in [0.1, 0.15) is 5.82 Å². The first-order valence-electron chi connectivity index (χ1n) is 9.85. The van der Waals surface area contributed by atoms with Gasteiger partial charge in [-0.1, -0.05) is 0 Å². The Morgan fingerprint density at radius 1 is 0.821 bits per heavy atom. The van der Waals surface area contributed by atoms with Crippen molar-refractivity contribution < 1.29 is 9.47 Å². The molecule has 0 bridgehead atoms. The summed E-state index contributed by atoms with van der Waals surface area (Å²) in [6.07, 6.45) is 0.941. The summed E-state index contributed by atoms with van der Waals surface area (Å²) in [7, 11) is 5.53. The van der Waals surface area contributed by atoms with Gasteiger partial charge in [-0.3, -0.25) is 0 Å². The van der Waals surface area contributed by atoms with Gasteiger partial charge < -0.3 is 24.2 Å². The highest BCUT2D eigenvalue weighted by molar-refractivity contribution is 5.52. The molecule has 0 N–H and O–H groups in total. The topological polar surface area (TPSA) is 54.0 Å². The summed E-state index contributed by atoms with van der Waals surface area (Å²) in [6, 6.07) is 6.27. The zero-order valence-electron chi connectivity index (χ0n) is 17.2. The van der Waals surface area contributed by atoms with Crippen molar-refractivity contribution in [2.24, 2.45) is 0 Å².